The molecule has 1 aliphatic heterocycles. The van der Waals surface area contributed by atoms with Gasteiger partial charge < -0.3 is 5.73 Å². The summed E-state index contributed by atoms with van der Waals surface area (Å²) in [4.78, 5) is 16.5. The van der Waals surface area contributed by atoms with Crippen LogP contribution in [0.25, 0.3) is 21.5 Å². The van der Waals surface area contributed by atoms with Gasteiger partial charge in [-0.15, -0.1) is 0 Å². The van der Waals surface area contributed by atoms with Gasteiger partial charge in [-0.25, -0.2) is 0 Å². The van der Waals surface area contributed by atoms with Gasteiger partial charge in [0.15, 0.2) is 5.78 Å². The maximum absolute atomic E-state index is 12.2. The zero-order valence-corrected chi connectivity index (χ0v) is 10.8. The fourth-order valence-electron chi connectivity index (χ4n) is 2.84. The number of nitrogens with two attached hydrogens (primary N) is 1. The molecule has 0 spiro atoms. The van der Waals surface area contributed by atoms with Crippen LogP contribution < -0.4 is 5.73 Å². The number of hydrogen-bond acceptors (Lipinski definition) is 3. The SMILES string of the molecule is Nc1cccc2cc3c4c(ccc3cc12)N=CCC4=O. The standard InChI is InChI=1S/C17H12N2O/c18-14-3-1-2-10-9-13-11(8-12(10)14)4-5-15-17(13)16(20)6-7-19-15/h1-5,7-9H,6,18H2. The molecule has 3 aromatic rings. The highest BCUT2D eigenvalue weighted by molar-refractivity contribution is 6.19. The van der Waals surface area contributed by atoms with Crippen molar-refractivity contribution in [1.82, 2.24) is 0 Å². The topological polar surface area (TPSA) is 55.4 Å². The molecule has 3 aromatic carbocycles. The van der Waals surface area contributed by atoms with Gasteiger partial charge in [-0.3, -0.25) is 9.79 Å². The Balaban J connectivity index is 2.19. The second-order valence-corrected chi connectivity index (χ2v) is 5.04. The number of carbonyl (C=O) groups excluding carboxylic acids is 1. The summed E-state index contributed by atoms with van der Waals surface area (Å²) in [6.45, 7) is 0. The van der Waals surface area contributed by atoms with E-state index in [2.05, 4.69) is 4.99 Å². The number of aliphatic imine (C=N–C) groups is 1. The van der Waals surface area contributed by atoms with Crippen LogP contribution in [-0.4, -0.2) is 12.0 Å². The molecule has 0 aliphatic carbocycles. The fraction of sp³-hybridized carbons (Fsp3) is 0.0588. The van der Waals surface area contributed by atoms with Gasteiger partial charge in [0.1, 0.15) is 0 Å². The molecule has 0 atom stereocenters. The van der Waals surface area contributed by atoms with E-state index in [1.807, 2.05) is 42.5 Å². The summed E-state index contributed by atoms with van der Waals surface area (Å²) >= 11 is 0. The molecule has 0 aromatic heterocycles. The van der Waals surface area contributed by atoms with E-state index in [0.717, 1.165) is 38.5 Å². The highest BCUT2D eigenvalue weighted by atomic mass is 16.1. The van der Waals surface area contributed by atoms with Gasteiger partial charge in [0, 0.05) is 23.7 Å². The molecule has 0 saturated heterocycles. The van der Waals surface area contributed by atoms with Crippen LogP contribution in [-0.2, 0) is 0 Å². The van der Waals surface area contributed by atoms with Crippen molar-refractivity contribution in [3.63, 3.8) is 0 Å². The number of rotatable bonds is 0. The first-order valence-electron chi connectivity index (χ1n) is 6.55. The molecule has 4 rings (SSSR count). The van der Waals surface area contributed by atoms with Gasteiger partial charge in [0.2, 0.25) is 0 Å². The molecular weight excluding hydrogens is 248 g/mol. The van der Waals surface area contributed by atoms with Gasteiger partial charge >= 0.3 is 0 Å². The van der Waals surface area contributed by atoms with Crippen molar-refractivity contribution >= 4 is 44.9 Å². The molecule has 0 fully saturated rings. The van der Waals surface area contributed by atoms with Crippen molar-refractivity contribution in [2.24, 2.45) is 4.99 Å². The average Bonchev–Trinajstić information content (AvgIpc) is 2.46. The molecule has 3 nitrogen and oxygen atoms in total. The Morgan fingerprint density at radius 1 is 1.00 bits per heavy atom. The third kappa shape index (κ3) is 1.46. The van der Waals surface area contributed by atoms with Crippen LogP contribution in [0, 0.1) is 0 Å². The van der Waals surface area contributed by atoms with Crippen molar-refractivity contribution in [2.75, 3.05) is 5.73 Å². The molecule has 0 saturated carbocycles. The Hall–Kier alpha value is -2.68. The fourth-order valence-corrected chi connectivity index (χ4v) is 2.84. The van der Waals surface area contributed by atoms with E-state index in [9.17, 15) is 4.79 Å². The largest absolute Gasteiger partial charge is 0.398 e. The molecule has 0 bridgehead atoms. The smallest absolute Gasteiger partial charge is 0.170 e. The lowest BCUT2D eigenvalue weighted by atomic mass is 9.94. The van der Waals surface area contributed by atoms with E-state index in [1.54, 1.807) is 6.21 Å². The number of anilines is 1. The van der Waals surface area contributed by atoms with Crippen molar-refractivity contribution < 1.29 is 4.79 Å². The summed E-state index contributed by atoms with van der Waals surface area (Å²) in [7, 11) is 0. The lowest BCUT2D eigenvalue weighted by Crippen LogP contribution is -2.05. The number of carbonyl (C=O) groups is 1. The number of Topliss-reactive ketones (excluding diaryl/α,β-unsaturated/α-hetero) is 1. The van der Waals surface area contributed by atoms with E-state index in [4.69, 9.17) is 5.73 Å². The second kappa shape index (κ2) is 3.90. The number of benzene rings is 3. The quantitative estimate of drug-likeness (QED) is 0.493. The van der Waals surface area contributed by atoms with Crippen molar-refractivity contribution in [3.05, 3.63) is 48.0 Å². The highest BCUT2D eigenvalue weighted by Gasteiger charge is 2.18. The van der Waals surface area contributed by atoms with E-state index >= 15 is 0 Å². The Labute approximate surface area is 115 Å². The van der Waals surface area contributed by atoms with Crippen molar-refractivity contribution in [1.29, 1.82) is 0 Å². The summed E-state index contributed by atoms with van der Waals surface area (Å²) in [5, 5.41) is 4.06. The maximum Gasteiger partial charge on any atom is 0.170 e. The van der Waals surface area contributed by atoms with E-state index in [1.165, 1.54) is 0 Å². The van der Waals surface area contributed by atoms with Crippen LogP contribution in [0.4, 0.5) is 11.4 Å². The Kier molecular flexibility index (Phi) is 2.18. The van der Waals surface area contributed by atoms with Gasteiger partial charge in [-0.1, -0.05) is 18.2 Å². The molecule has 3 heteroatoms. The minimum absolute atomic E-state index is 0.129. The summed E-state index contributed by atoms with van der Waals surface area (Å²) in [5.74, 6) is 0.129. The monoisotopic (exact) mass is 260 g/mol. The Morgan fingerprint density at radius 2 is 1.80 bits per heavy atom. The third-order valence-corrected chi connectivity index (χ3v) is 3.82. The third-order valence-electron chi connectivity index (χ3n) is 3.82. The molecule has 0 unspecified atom stereocenters. The molecule has 0 amide bonds. The van der Waals surface area contributed by atoms with Gasteiger partial charge in [0.25, 0.3) is 0 Å². The predicted molar refractivity (Wildman–Crippen MR) is 83.0 cm³/mol. The van der Waals surface area contributed by atoms with Crippen molar-refractivity contribution in [3.8, 4) is 0 Å². The summed E-state index contributed by atoms with van der Waals surface area (Å²) in [5.41, 5.74) is 8.27. The molecule has 20 heavy (non-hydrogen) atoms. The predicted octanol–water partition coefficient (Wildman–Crippen LogP) is 3.86. The Bertz CT molecular complexity index is 910. The van der Waals surface area contributed by atoms with Crippen LogP contribution in [0.5, 0.6) is 0 Å². The van der Waals surface area contributed by atoms with Gasteiger partial charge in [-0.2, -0.15) is 0 Å². The molecule has 0 radical (unpaired) electrons. The lowest BCUT2D eigenvalue weighted by Gasteiger charge is -2.13. The average molecular weight is 260 g/mol. The summed E-state index contributed by atoms with van der Waals surface area (Å²) in [6, 6.07) is 13.8. The number of hydrogen-bond donors (Lipinski definition) is 1. The zero-order chi connectivity index (χ0) is 13.7. The maximum atomic E-state index is 12.2. The van der Waals surface area contributed by atoms with Crippen LogP contribution >= 0.6 is 0 Å². The van der Waals surface area contributed by atoms with E-state index < -0.39 is 0 Å². The first-order chi connectivity index (χ1) is 9.74. The molecule has 1 aliphatic rings. The second-order valence-electron chi connectivity index (χ2n) is 5.04. The highest BCUT2D eigenvalue weighted by Crippen LogP contribution is 2.35. The minimum Gasteiger partial charge on any atom is -0.398 e. The number of nitrogen functional groups attached to an aromatic ring is 1. The first-order valence-corrected chi connectivity index (χ1v) is 6.55. The zero-order valence-electron chi connectivity index (χ0n) is 10.8. The van der Waals surface area contributed by atoms with E-state index in [0.29, 0.717) is 6.42 Å². The first kappa shape index (κ1) is 11.2. The van der Waals surface area contributed by atoms with Crippen LogP contribution in [0.15, 0.2) is 47.5 Å². The number of nitrogens with zero attached hydrogens (tertiary/aromatic N) is 1. The van der Waals surface area contributed by atoms with Gasteiger partial charge in [-0.05, 0) is 40.4 Å². The molecular formula is C17H12N2O. The van der Waals surface area contributed by atoms with Gasteiger partial charge in [0.05, 0.1) is 11.3 Å². The van der Waals surface area contributed by atoms with Crippen LogP contribution in [0.1, 0.15) is 16.8 Å². The van der Waals surface area contributed by atoms with E-state index in [-0.39, 0.29) is 5.78 Å². The number of fused-ring (bicyclic) bond motifs is 4. The molecule has 2 N–H and O–H groups in total. The summed E-state index contributed by atoms with van der Waals surface area (Å²) < 4.78 is 0. The Morgan fingerprint density at radius 3 is 2.70 bits per heavy atom. The normalized spacial score (nSPS) is 13.9. The number of ketones is 1. The lowest BCUT2D eigenvalue weighted by molar-refractivity contribution is 0.100. The van der Waals surface area contributed by atoms with Crippen molar-refractivity contribution in [2.45, 2.75) is 6.42 Å². The summed E-state index contributed by atoms with van der Waals surface area (Å²) in [6.07, 6.45) is 2.05. The van der Waals surface area contributed by atoms with Crippen LogP contribution in [0.2, 0.25) is 0 Å². The molecule has 1 heterocycles. The van der Waals surface area contributed by atoms with Crippen LogP contribution in [0.3, 0.4) is 0 Å². The minimum atomic E-state index is 0.129. The molecule has 96 valence electrons.